The summed E-state index contributed by atoms with van der Waals surface area (Å²) in [7, 11) is 1.51. The van der Waals surface area contributed by atoms with E-state index in [4.69, 9.17) is 0 Å². The van der Waals surface area contributed by atoms with E-state index in [0.717, 1.165) is 23.1 Å². The van der Waals surface area contributed by atoms with Gasteiger partial charge in [-0.2, -0.15) is 5.10 Å². The Kier molecular flexibility index (Phi) is 3.75. The zero-order chi connectivity index (χ0) is 15.7. The second-order valence-corrected chi connectivity index (χ2v) is 5.39. The topological polar surface area (TPSA) is 55.2 Å². The van der Waals surface area contributed by atoms with E-state index in [1.54, 1.807) is 17.0 Å². The van der Waals surface area contributed by atoms with Crippen LogP contribution in [0.3, 0.4) is 0 Å². The minimum absolute atomic E-state index is 0.0767. The lowest BCUT2D eigenvalue weighted by Gasteiger charge is -2.24. The van der Waals surface area contributed by atoms with Gasteiger partial charge in [0, 0.05) is 19.7 Å². The van der Waals surface area contributed by atoms with Gasteiger partial charge in [-0.25, -0.2) is 9.07 Å². The molecule has 2 heterocycles. The number of aryl methyl sites for hydroxylation is 1. The van der Waals surface area contributed by atoms with E-state index in [1.165, 1.54) is 31.3 Å². The first-order chi connectivity index (χ1) is 10.6. The summed E-state index contributed by atoms with van der Waals surface area (Å²) in [5.74, 6) is -0.498. The summed E-state index contributed by atoms with van der Waals surface area (Å²) in [6.45, 7) is 0.630. The molecule has 1 aliphatic heterocycles. The fourth-order valence-electron chi connectivity index (χ4n) is 2.80. The van der Waals surface area contributed by atoms with Crippen molar-refractivity contribution in [2.45, 2.75) is 18.9 Å². The second kappa shape index (κ2) is 5.71. The molecule has 1 aromatic carbocycles. The molecule has 1 aliphatic rings. The van der Waals surface area contributed by atoms with E-state index in [1.807, 2.05) is 0 Å². The van der Waals surface area contributed by atoms with E-state index in [-0.39, 0.29) is 29.0 Å². The molecule has 1 unspecified atom stereocenters. The number of aromatic nitrogens is 2. The first-order valence-electron chi connectivity index (χ1n) is 7.17. The van der Waals surface area contributed by atoms with Gasteiger partial charge >= 0.3 is 0 Å². The number of amides is 1. The first kappa shape index (κ1) is 14.4. The molecule has 3 rings (SSSR count). The molecular formula is C16H16FN3O2. The van der Waals surface area contributed by atoms with Crippen LogP contribution >= 0.6 is 0 Å². The zero-order valence-corrected chi connectivity index (χ0v) is 12.2. The molecule has 5 nitrogen and oxygen atoms in total. The Morgan fingerprint density at radius 1 is 1.23 bits per heavy atom. The molecule has 0 aliphatic carbocycles. The Bertz CT molecular complexity index is 755. The van der Waals surface area contributed by atoms with Crippen molar-refractivity contribution in [2.75, 3.05) is 6.54 Å². The Morgan fingerprint density at radius 3 is 2.64 bits per heavy atom. The molecule has 1 aromatic heterocycles. The number of rotatable bonds is 2. The molecular weight excluding hydrogens is 285 g/mol. The minimum atomic E-state index is -0.292. The van der Waals surface area contributed by atoms with Crippen LogP contribution in [0, 0.1) is 5.82 Å². The van der Waals surface area contributed by atoms with Gasteiger partial charge in [-0.1, -0.05) is 12.1 Å². The first-order valence-corrected chi connectivity index (χ1v) is 7.17. The Morgan fingerprint density at radius 2 is 1.95 bits per heavy atom. The standard InChI is InChI=1S/C16H16FN3O2/c1-19-15(21)9-8-13(18-19)16(22)20-10-2-3-14(20)11-4-6-12(17)7-5-11/h4-9,14H,2-3,10H2,1H3. The largest absolute Gasteiger partial charge is 0.330 e. The van der Waals surface area contributed by atoms with E-state index >= 15 is 0 Å². The van der Waals surface area contributed by atoms with Gasteiger partial charge in [-0.15, -0.1) is 0 Å². The highest BCUT2D eigenvalue weighted by atomic mass is 19.1. The summed E-state index contributed by atoms with van der Waals surface area (Å²) >= 11 is 0. The number of likely N-dealkylation sites (tertiary alicyclic amines) is 1. The van der Waals surface area contributed by atoms with E-state index in [0.29, 0.717) is 6.54 Å². The quantitative estimate of drug-likeness (QED) is 0.851. The van der Waals surface area contributed by atoms with Crippen molar-refractivity contribution in [3.63, 3.8) is 0 Å². The highest BCUT2D eigenvalue weighted by Crippen LogP contribution is 2.32. The lowest BCUT2D eigenvalue weighted by Crippen LogP contribution is -2.33. The average Bonchev–Trinajstić information content (AvgIpc) is 2.99. The molecule has 114 valence electrons. The van der Waals surface area contributed by atoms with Crippen LogP contribution in [0.15, 0.2) is 41.2 Å². The maximum atomic E-state index is 13.1. The summed E-state index contributed by atoms with van der Waals surface area (Å²) in [5.41, 5.74) is 0.904. The summed E-state index contributed by atoms with van der Waals surface area (Å²) in [6, 6.07) is 8.93. The van der Waals surface area contributed by atoms with Crippen LogP contribution in [-0.2, 0) is 7.05 Å². The minimum Gasteiger partial charge on any atom is -0.330 e. The van der Waals surface area contributed by atoms with Gasteiger partial charge in [0.1, 0.15) is 11.5 Å². The number of benzene rings is 1. The number of hydrogen-bond donors (Lipinski definition) is 0. The molecule has 0 radical (unpaired) electrons. The van der Waals surface area contributed by atoms with Crippen LogP contribution in [0.2, 0.25) is 0 Å². The fraction of sp³-hybridized carbons (Fsp3) is 0.312. The van der Waals surface area contributed by atoms with Gasteiger partial charge in [-0.05, 0) is 36.6 Å². The van der Waals surface area contributed by atoms with Gasteiger partial charge in [0.05, 0.1) is 6.04 Å². The van der Waals surface area contributed by atoms with Crippen molar-refractivity contribution in [1.82, 2.24) is 14.7 Å². The molecule has 0 bridgehead atoms. The van der Waals surface area contributed by atoms with E-state index < -0.39 is 0 Å². The molecule has 6 heteroatoms. The maximum Gasteiger partial charge on any atom is 0.274 e. The smallest absolute Gasteiger partial charge is 0.274 e. The second-order valence-electron chi connectivity index (χ2n) is 5.39. The molecule has 22 heavy (non-hydrogen) atoms. The van der Waals surface area contributed by atoms with Crippen LogP contribution in [0.1, 0.15) is 34.9 Å². The van der Waals surface area contributed by atoms with Crippen molar-refractivity contribution in [2.24, 2.45) is 7.05 Å². The maximum absolute atomic E-state index is 13.1. The van der Waals surface area contributed by atoms with Gasteiger partial charge in [0.25, 0.3) is 11.5 Å². The Labute approximate surface area is 127 Å². The Hall–Kier alpha value is -2.50. The van der Waals surface area contributed by atoms with Crippen molar-refractivity contribution in [3.05, 3.63) is 63.8 Å². The third-order valence-corrected chi connectivity index (χ3v) is 3.95. The Balaban J connectivity index is 1.89. The van der Waals surface area contributed by atoms with Crippen LogP contribution in [0.25, 0.3) is 0 Å². The molecule has 0 saturated carbocycles. The molecule has 0 N–H and O–H groups in total. The van der Waals surface area contributed by atoms with Gasteiger partial charge in [0.15, 0.2) is 0 Å². The van der Waals surface area contributed by atoms with Crippen molar-refractivity contribution in [1.29, 1.82) is 0 Å². The molecule has 0 spiro atoms. The van der Waals surface area contributed by atoms with E-state index in [9.17, 15) is 14.0 Å². The highest BCUT2D eigenvalue weighted by Gasteiger charge is 2.31. The molecule has 1 saturated heterocycles. The number of carbonyl (C=O) groups excluding carboxylic acids is 1. The number of halogens is 1. The number of nitrogens with zero attached hydrogens (tertiary/aromatic N) is 3. The third-order valence-electron chi connectivity index (χ3n) is 3.95. The predicted molar refractivity (Wildman–Crippen MR) is 78.9 cm³/mol. The predicted octanol–water partition coefficient (Wildman–Crippen LogP) is 1.90. The monoisotopic (exact) mass is 301 g/mol. The SMILES string of the molecule is Cn1nc(C(=O)N2CCCC2c2ccc(F)cc2)ccc1=O. The van der Waals surface area contributed by atoms with Crippen LogP contribution in [0.4, 0.5) is 4.39 Å². The van der Waals surface area contributed by atoms with Crippen molar-refractivity contribution in [3.8, 4) is 0 Å². The van der Waals surface area contributed by atoms with Gasteiger partial charge in [-0.3, -0.25) is 9.59 Å². The summed E-state index contributed by atoms with van der Waals surface area (Å²) in [4.78, 5) is 25.7. The average molecular weight is 301 g/mol. The molecule has 1 atom stereocenters. The van der Waals surface area contributed by atoms with Crippen molar-refractivity contribution >= 4 is 5.91 Å². The highest BCUT2D eigenvalue weighted by molar-refractivity contribution is 5.92. The summed E-state index contributed by atoms with van der Waals surface area (Å²) in [5, 5.41) is 4.01. The zero-order valence-electron chi connectivity index (χ0n) is 12.2. The van der Waals surface area contributed by atoms with Gasteiger partial charge < -0.3 is 4.90 Å². The fourth-order valence-corrected chi connectivity index (χ4v) is 2.80. The van der Waals surface area contributed by atoms with Crippen LogP contribution in [-0.4, -0.2) is 27.1 Å². The van der Waals surface area contributed by atoms with E-state index in [2.05, 4.69) is 5.10 Å². The van der Waals surface area contributed by atoms with Crippen molar-refractivity contribution < 1.29 is 9.18 Å². The normalized spacial score (nSPS) is 17.7. The van der Waals surface area contributed by atoms with Crippen LogP contribution < -0.4 is 5.56 Å². The number of carbonyl (C=O) groups is 1. The van der Waals surface area contributed by atoms with Crippen LogP contribution in [0.5, 0.6) is 0 Å². The lowest BCUT2D eigenvalue weighted by molar-refractivity contribution is 0.0727. The van der Waals surface area contributed by atoms with Gasteiger partial charge in [0.2, 0.25) is 0 Å². The third kappa shape index (κ3) is 2.64. The molecule has 2 aromatic rings. The number of hydrogen-bond acceptors (Lipinski definition) is 3. The molecule has 1 fully saturated rings. The summed E-state index contributed by atoms with van der Waals surface area (Å²) < 4.78 is 14.2. The lowest BCUT2D eigenvalue weighted by atomic mass is 10.0. The summed E-state index contributed by atoms with van der Waals surface area (Å²) in [6.07, 6.45) is 1.72. The molecule has 1 amide bonds.